The molecule has 6 nitrogen and oxygen atoms in total. The molecule has 6 heteroatoms. The van der Waals surface area contributed by atoms with E-state index in [1.807, 2.05) is 41.3 Å². The number of piperazine rings is 1. The van der Waals surface area contributed by atoms with Crippen LogP contribution in [0.15, 0.2) is 48.5 Å². The van der Waals surface area contributed by atoms with Crippen LogP contribution >= 0.6 is 0 Å². The minimum atomic E-state index is -0.0769. The third kappa shape index (κ3) is 5.14. The van der Waals surface area contributed by atoms with Gasteiger partial charge < -0.3 is 19.7 Å². The minimum Gasteiger partial charge on any atom is -0.497 e. The van der Waals surface area contributed by atoms with Gasteiger partial charge in [-0.15, -0.1) is 0 Å². The van der Waals surface area contributed by atoms with E-state index in [1.165, 1.54) is 5.56 Å². The number of hydrogen-bond acceptors (Lipinski definition) is 4. The number of anilines is 1. The smallest absolute Gasteiger partial charge is 0.322 e. The Morgan fingerprint density at radius 3 is 2.52 bits per heavy atom. The van der Waals surface area contributed by atoms with Crippen molar-refractivity contribution in [3.8, 4) is 11.5 Å². The van der Waals surface area contributed by atoms with Gasteiger partial charge in [0, 0.05) is 32.7 Å². The van der Waals surface area contributed by atoms with Crippen LogP contribution < -0.4 is 14.8 Å². The number of amides is 2. The SMILES string of the molecule is COc1cccc(CCN2CCN(C(=O)Nc3ccccc3OC)CC2)c1. The largest absolute Gasteiger partial charge is 0.497 e. The molecule has 1 fully saturated rings. The molecule has 1 aliphatic rings. The molecule has 0 unspecified atom stereocenters. The van der Waals surface area contributed by atoms with Crippen molar-refractivity contribution in [3.05, 3.63) is 54.1 Å². The van der Waals surface area contributed by atoms with E-state index in [-0.39, 0.29) is 6.03 Å². The van der Waals surface area contributed by atoms with Crippen molar-refractivity contribution in [1.29, 1.82) is 0 Å². The summed E-state index contributed by atoms with van der Waals surface area (Å²) >= 11 is 0. The molecule has 0 spiro atoms. The molecule has 1 saturated heterocycles. The maximum atomic E-state index is 12.5. The van der Waals surface area contributed by atoms with Gasteiger partial charge in [-0.2, -0.15) is 0 Å². The number of ether oxygens (including phenoxy) is 2. The van der Waals surface area contributed by atoms with Crippen LogP contribution in [0.2, 0.25) is 0 Å². The number of urea groups is 1. The van der Waals surface area contributed by atoms with E-state index < -0.39 is 0 Å². The van der Waals surface area contributed by atoms with E-state index in [4.69, 9.17) is 9.47 Å². The number of para-hydroxylation sites is 2. The lowest BCUT2D eigenvalue weighted by Crippen LogP contribution is -2.50. The molecule has 144 valence electrons. The molecular formula is C21H27N3O3. The maximum Gasteiger partial charge on any atom is 0.322 e. The van der Waals surface area contributed by atoms with Crippen LogP contribution in [0.3, 0.4) is 0 Å². The maximum absolute atomic E-state index is 12.5. The standard InChI is InChI=1S/C21H27N3O3/c1-26-18-7-5-6-17(16-18)10-11-23-12-14-24(15-13-23)21(25)22-19-8-3-4-9-20(19)27-2/h3-9,16H,10-15H2,1-2H3,(H,22,25). The van der Waals surface area contributed by atoms with Crippen LogP contribution in [0, 0.1) is 0 Å². The molecule has 0 aromatic heterocycles. The third-order valence-electron chi connectivity index (χ3n) is 4.86. The Labute approximate surface area is 160 Å². The predicted molar refractivity (Wildman–Crippen MR) is 107 cm³/mol. The van der Waals surface area contributed by atoms with E-state index in [9.17, 15) is 4.79 Å². The van der Waals surface area contributed by atoms with Crippen LogP contribution in [0.5, 0.6) is 11.5 Å². The van der Waals surface area contributed by atoms with Crippen molar-refractivity contribution in [2.45, 2.75) is 6.42 Å². The Kier molecular flexibility index (Phi) is 6.54. The molecule has 1 heterocycles. The Hall–Kier alpha value is -2.73. The van der Waals surface area contributed by atoms with Gasteiger partial charge in [0.1, 0.15) is 11.5 Å². The quantitative estimate of drug-likeness (QED) is 0.850. The molecule has 0 saturated carbocycles. The zero-order chi connectivity index (χ0) is 19.1. The number of hydrogen-bond donors (Lipinski definition) is 1. The number of nitrogens with zero attached hydrogens (tertiary/aromatic N) is 2. The summed E-state index contributed by atoms with van der Waals surface area (Å²) in [7, 11) is 3.29. The second-order valence-electron chi connectivity index (χ2n) is 6.56. The molecule has 2 amide bonds. The van der Waals surface area contributed by atoms with Crippen LogP contribution in [0.4, 0.5) is 10.5 Å². The van der Waals surface area contributed by atoms with Gasteiger partial charge in [0.2, 0.25) is 0 Å². The fourth-order valence-electron chi connectivity index (χ4n) is 3.23. The van der Waals surface area contributed by atoms with E-state index in [0.29, 0.717) is 11.4 Å². The Morgan fingerprint density at radius 2 is 1.78 bits per heavy atom. The van der Waals surface area contributed by atoms with Crippen LogP contribution in [-0.4, -0.2) is 62.8 Å². The fraction of sp³-hybridized carbons (Fsp3) is 0.381. The minimum absolute atomic E-state index is 0.0769. The number of rotatable bonds is 6. The molecule has 3 rings (SSSR count). The summed E-state index contributed by atoms with van der Waals surface area (Å²) in [5.74, 6) is 1.56. The molecule has 1 N–H and O–H groups in total. The number of carbonyl (C=O) groups excluding carboxylic acids is 1. The lowest BCUT2D eigenvalue weighted by molar-refractivity contribution is 0.148. The first-order chi connectivity index (χ1) is 13.2. The van der Waals surface area contributed by atoms with Crippen LogP contribution in [0.25, 0.3) is 0 Å². The summed E-state index contributed by atoms with van der Waals surface area (Å²) in [5.41, 5.74) is 1.97. The van der Waals surface area contributed by atoms with Crippen LogP contribution in [-0.2, 0) is 6.42 Å². The molecule has 27 heavy (non-hydrogen) atoms. The number of methoxy groups -OCH3 is 2. The second-order valence-corrected chi connectivity index (χ2v) is 6.56. The van der Waals surface area contributed by atoms with Gasteiger partial charge in [-0.05, 0) is 36.2 Å². The van der Waals surface area contributed by atoms with Gasteiger partial charge in [-0.25, -0.2) is 4.79 Å². The molecule has 2 aromatic carbocycles. The van der Waals surface area contributed by atoms with E-state index in [0.717, 1.165) is 44.9 Å². The zero-order valence-electron chi connectivity index (χ0n) is 16.0. The molecule has 2 aromatic rings. The van der Waals surface area contributed by atoms with Gasteiger partial charge in [-0.1, -0.05) is 24.3 Å². The molecule has 0 atom stereocenters. The number of carbonyl (C=O) groups is 1. The molecular weight excluding hydrogens is 342 g/mol. The van der Waals surface area contributed by atoms with E-state index >= 15 is 0 Å². The molecule has 1 aliphatic heterocycles. The summed E-state index contributed by atoms with van der Waals surface area (Å²) in [4.78, 5) is 16.8. The van der Waals surface area contributed by atoms with E-state index in [2.05, 4.69) is 22.3 Å². The van der Waals surface area contributed by atoms with Crippen molar-refractivity contribution >= 4 is 11.7 Å². The van der Waals surface area contributed by atoms with Gasteiger partial charge in [0.25, 0.3) is 0 Å². The zero-order valence-corrected chi connectivity index (χ0v) is 16.0. The first-order valence-electron chi connectivity index (χ1n) is 9.24. The Morgan fingerprint density at radius 1 is 1.00 bits per heavy atom. The summed E-state index contributed by atoms with van der Waals surface area (Å²) in [6.07, 6.45) is 0.977. The second kappa shape index (κ2) is 9.28. The summed E-state index contributed by atoms with van der Waals surface area (Å²) < 4.78 is 10.6. The first-order valence-corrected chi connectivity index (χ1v) is 9.24. The van der Waals surface area contributed by atoms with Gasteiger partial charge in [0.15, 0.2) is 0 Å². The highest BCUT2D eigenvalue weighted by atomic mass is 16.5. The molecule has 0 radical (unpaired) electrons. The van der Waals surface area contributed by atoms with Crippen molar-refractivity contribution in [2.75, 3.05) is 52.3 Å². The first kappa shape index (κ1) is 19.0. The third-order valence-corrected chi connectivity index (χ3v) is 4.86. The Balaban J connectivity index is 1.46. The van der Waals surface area contributed by atoms with Crippen molar-refractivity contribution in [1.82, 2.24) is 9.80 Å². The summed E-state index contributed by atoms with van der Waals surface area (Å²) in [6, 6.07) is 15.6. The lowest BCUT2D eigenvalue weighted by Gasteiger charge is -2.34. The average molecular weight is 369 g/mol. The van der Waals surface area contributed by atoms with Gasteiger partial charge in [-0.3, -0.25) is 4.90 Å². The molecule has 0 bridgehead atoms. The van der Waals surface area contributed by atoms with Crippen molar-refractivity contribution < 1.29 is 14.3 Å². The fourth-order valence-corrected chi connectivity index (χ4v) is 3.23. The topological polar surface area (TPSA) is 54.0 Å². The summed E-state index contributed by atoms with van der Waals surface area (Å²) in [5, 5.41) is 2.95. The van der Waals surface area contributed by atoms with E-state index in [1.54, 1.807) is 14.2 Å². The number of nitrogens with one attached hydrogen (secondary N) is 1. The van der Waals surface area contributed by atoms with Crippen molar-refractivity contribution in [2.24, 2.45) is 0 Å². The highest BCUT2D eigenvalue weighted by Gasteiger charge is 2.21. The molecule has 0 aliphatic carbocycles. The monoisotopic (exact) mass is 369 g/mol. The number of benzene rings is 2. The lowest BCUT2D eigenvalue weighted by atomic mass is 10.1. The van der Waals surface area contributed by atoms with Crippen LogP contribution in [0.1, 0.15) is 5.56 Å². The summed E-state index contributed by atoms with van der Waals surface area (Å²) in [6.45, 7) is 4.18. The van der Waals surface area contributed by atoms with Crippen molar-refractivity contribution in [3.63, 3.8) is 0 Å². The predicted octanol–water partition coefficient (Wildman–Crippen LogP) is 3.10. The Bertz CT molecular complexity index is 758. The average Bonchev–Trinajstić information content (AvgIpc) is 2.73. The highest BCUT2D eigenvalue weighted by molar-refractivity contribution is 5.91. The normalized spacial score (nSPS) is 14.7. The van der Waals surface area contributed by atoms with Gasteiger partial charge >= 0.3 is 6.03 Å². The highest BCUT2D eigenvalue weighted by Crippen LogP contribution is 2.23. The van der Waals surface area contributed by atoms with Gasteiger partial charge in [0.05, 0.1) is 19.9 Å².